The summed E-state index contributed by atoms with van der Waals surface area (Å²) in [5.41, 5.74) is -0.502. The van der Waals surface area contributed by atoms with Crippen molar-refractivity contribution in [1.82, 2.24) is 14.8 Å². The molecule has 1 saturated carbocycles. The van der Waals surface area contributed by atoms with Crippen LogP contribution in [0.5, 0.6) is 0 Å². The maximum Gasteiger partial charge on any atom is 0.158 e. The van der Waals surface area contributed by atoms with Gasteiger partial charge < -0.3 is 9.84 Å². The molecule has 0 amide bonds. The van der Waals surface area contributed by atoms with Gasteiger partial charge in [-0.15, -0.1) is 0 Å². The molecule has 0 spiro atoms. The van der Waals surface area contributed by atoms with Gasteiger partial charge in [0, 0.05) is 13.7 Å². The largest absolute Gasteiger partial charge is 0.382 e. The van der Waals surface area contributed by atoms with Gasteiger partial charge in [0.25, 0.3) is 0 Å². The summed E-state index contributed by atoms with van der Waals surface area (Å²) in [6.07, 6.45) is 4.85. The molecule has 18 heavy (non-hydrogen) atoms. The average Bonchev–Trinajstić information content (AvgIpc) is 2.85. The Bertz CT molecular complexity index is 393. The Labute approximate surface area is 108 Å². The quantitative estimate of drug-likeness (QED) is 0.890. The zero-order valence-corrected chi connectivity index (χ0v) is 11.5. The van der Waals surface area contributed by atoms with Crippen LogP contribution in [0, 0.1) is 5.92 Å². The van der Waals surface area contributed by atoms with E-state index in [2.05, 4.69) is 17.0 Å². The fourth-order valence-electron chi connectivity index (χ4n) is 3.05. The third-order valence-corrected chi connectivity index (χ3v) is 4.09. The molecule has 1 aromatic rings. The molecule has 1 heterocycles. The standard InChI is InChI=1S/C13H23N3O2/c1-4-16-12(14-9-15-16)11(17)13(18-3)7-5-6-10(2)8-13/h9-11,17H,4-8H2,1-3H3. The lowest BCUT2D eigenvalue weighted by Gasteiger charge is -2.41. The van der Waals surface area contributed by atoms with E-state index < -0.39 is 11.7 Å². The first-order valence-electron chi connectivity index (χ1n) is 6.74. The maximum atomic E-state index is 10.7. The second kappa shape index (κ2) is 5.36. The van der Waals surface area contributed by atoms with Crippen LogP contribution in [0.1, 0.15) is 51.5 Å². The molecule has 0 aromatic carbocycles. The number of aliphatic hydroxyl groups excluding tert-OH is 1. The molecule has 1 aliphatic rings. The highest BCUT2D eigenvalue weighted by molar-refractivity contribution is 5.03. The predicted octanol–water partition coefficient (Wildman–Crippen LogP) is 1.93. The van der Waals surface area contributed by atoms with Gasteiger partial charge >= 0.3 is 0 Å². The molecule has 3 atom stereocenters. The van der Waals surface area contributed by atoms with Crippen LogP contribution in [0.3, 0.4) is 0 Å². The van der Waals surface area contributed by atoms with Crippen LogP contribution in [0.4, 0.5) is 0 Å². The smallest absolute Gasteiger partial charge is 0.158 e. The molecule has 1 aromatic heterocycles. The van der Waals surface area contributed by atoms with Gasteiger partial charge in [-0.3, -0.25) is 0 Å². The van der Waals surface area contributed by atoms with E-state index in [1.807, 2.05) is 6.92 Å². The summed E-state index contributed by atoms with van der Waals surface area (Å²) >= 11 is 0. The van der Waals surface area contributed by atoms with E-state index in [9.17, 15) is 5.11 Å². The second-order valence-electron chi connectivity index (χ2n) is 5.31. The average molecular weight is 253 g/mol. The zero-order valence-electron chi connectivity index (χ0n) is 11.5. The summed E-state index contributed by atoms with van der Waals surface area (Å²) in [7, 11) is 1.69. The highest BCUT2D eigenvalue weighted by Crippen LogP contribution is 2.42. The van der Waals surface area contributed by atoms with Gasteiger partial charge in [-0.1, -0.05) is 19.8 Å². The number of aromatic nitrogens is 3. The van der Waals surface area contributed by atoms with Gasteiger partial charge in [0.2, 0.25) is 0 Å². The summed E-state index contributed by atoms with van der Waals surface area (Å²) in [6.45, 7) is 4.92. The first-order valence-corrected chi connectivity index (χ1v) is 6.74. The summed E-state index contributed by atoms with van der Waals surface area (Å²) < 4.78 is 7.44. The van der Waals surface area contributed by atoms with Crippen LogP contribution < -0.4 is 0 Å². The number of hydrogen-bond acceptors (Lipinski definition) is 4. The molecule has 1 aliphatic carbocycles. The Hall–Kier alpha value is -0.940. The molecule has 5 nitrogen and oxygen atoms in total. The molecule has 0 aliphatic heterocycles. The van der Waals surface area contributed by atoms with Crippen molar-refractivity contribution in [2.75, 3.05) is 7.11 Å². The zero-order chi connectivity index (χ0) is 13.2. The first-order chi connectivity index (χ1) is 8.63. The molecule has 0 radical (unpaired) electrons. The minimum Gasteiger partial charge on any atom is -0.382 e. The second-order valence-corrected chi connectivity index (χ2v) is 5.31. The Balaban J connectivity index is 2.26. The van der Waals surface area contributed by atoms with E-state index in [4.69, 9.17) is 4.74 Å². The lowest BCUT2D eigenvalue weighted by Crippen LogP contribution is -2.43. The third-order valence-electron chi connectivity index (χ3n) is 4.09. The monoisotopic (exact) mass is 253 g/mol. The molecular weight excluding hydrogens is 230 g/mol. The van der Waals surface area contributed by atoms with Crippen LogP contribution in [0.25, 0.3) is 0 Å². The molecular formula is C13H23N3O2. The van der Waals surface area contributed by atoms with Crippen molar-refractivity contribution < 1.29 is 9.84 Å². The van der Waals surface area contributed by atoms with Crippen molar-refractivity contribution in [2.24, 2.45) is 5.92 Å². The van der Waals surface area contributed by atoms with Gasteiger partial charge in [0.15, 0.2) is 5.82 Å². The topological polar surface area (TPSA) is 60.2 Å². The molecule has 0 bridgehead atoms. The lowest BCUT2D eigenvalue weighted by molar-refractivity contribution is -0.138. The van der Waals surface area contributed by atoms with Crippen molar-refractivity contribution >= 4 is 0 Å². The van der Waals surface area contributed by atoms with Gasteiger partial charge in [0.1, 0.15) is 18.0 Å². The van der Waals surface area contributed by atoms with Gasteiger partial charge in [-0.2, -0.15) is 5.10 Å². The molecule has 1 N–H and O–H groups in total. The van der Waals surface area contributed by atoms with Crippen molar-refractivity contribution in [3.05, 3.63) is 12.2 Å². The number of hydrogen-bond donors (Lipinski definition) is 1. The summed E-state index contributed by atoms with van der Waals surface area (Å²) in [5, 5.41) is 14.8. The number of aliphatic hydroxyl groups is 1. The highest BCUT2D eigenvalue weighted by atomic mass is 16.5. The molecule has 3 unspecified atom stereocenters. The molecule has 102 valence electrons. The Morgan fingerprint density at radius 1 is 1.67 bits per heavy atom. The van der Waals surface area contributed by atoms with E-state index in [0.29, 0.717) is 18.3 Å². The number of ether oxygens (including phenoxy) is 1. The van der Waals surface area contributed by atoms with Gasteiger partial charge in [-0.05, 0) is 25.7 Å². The van der Waals surface area contributed by atoms with E-state index >= 15 is 0 Å². The first kappa shape index (κ1) is 13.5. The maximum absolute atomic E-state index is 10.7. The van der Waals surface area contributed by atoms with Crippen molar-refractivity contribution in [3.8, 4) is 0 Å². The lowest BCUT2D eigenvalue weighted by atomic mass is 9.75. The summed E-state index contributed by atoms with van der Waals surface area (Å²) in [4.78, 5) is 4.20. The van der Waals surface area contributed by atoms with Gasteiger partial charge in [0.05, 0.1) is 0 Å². The number of aryl methyl sites for hydroxylation is 1. The summed E-state index contributed by atoms with van der Waals surface area (Å²) in [5.74, 6) is 1.19. The van der Waals surface area contributed by atoms with Crippen LogP contribution in [-0.2, 0) is 11.3 Å². The van der Waals surface area contributed by atoms with E-state index in [-0.39, 0.29) is 0 Å². The van der Waals surface area contributed by atoms with E-state index in [1.165, 1.54) is 12.7 Å². The van der Waals surface area contributed by atoms with Crippen molar-refractivity contribution in [3.63, 3.8) is 0 Å². The number of nitrogens with zero attached hydrogens (tertiary/aromatic N) is 3. The normalized spacial score (nSPS) is 30.3. The minimum atomic E-state index is -0.701. The van der Waals surface area contributed by atoms with Crippen LogP contribution in [0.15, 0.2) is 6.33 Å². The Morgan fingerprint density at radius 3 is 3.06 bits per heavy atom. The molecule has 5 heteroatoms. The van der Waals surface area contributed by atoms with E-state index in [1.54, 1.807) is 11.8 Å². The molecule has 1 fully saturated rings. The van der Waals surface area contributed by atoms with Crippen LogP contribution >= 0.6 is 0 Å². The number of rotatable bonds is 4. The predicted molar refractivity (Wildman–Crippen MR) is 68.0 cm³/mol. The fraction of sp³-hybridized carbons (Fsp3) is 0.846. The van der Waals surface area contributed by atoms with Crippen molar-refractivity contribution in [2.45, 2.75) is 57.8 Å². The fourth-order valence-corrected chi connectivity index (χ4v) is 3.05. The third kappa shape index (κ3) is 2.29. The van der Waals surface area contributed by atoms with Gasteiger partial charge in [-0.25, -0.2) is 9.67 Å². The molecule has 0 saturated heterocycles. The van der Waals surface area contributed by atoms with Crippen molar-refractivity contribution in [1.29, 1.82) is 0 Å². The number of methoxy groups -OCH3 is 1. The van der Waals surface area contributed by atoms with Crippen LogP contribution in [0.2, 0.25) is 0 Å². The Kier molecular flexibility index (Phi) is 4.02. The SMILES string of the molecule is CCn1ncnc1C(O)C1(OC)CCCC(C)C1. The van der Waals surface area contributed by atoms with E-state index in [0.717, 1.165) is 19.3 Å². The summed E-state index contributed by atoms with van der Waals surface area (Å²) in [6, 6.07) is 0. The molecule has 2 rings (SSSR count). The minimum absolute atomic E-state index is 0.502. The van der Waals surface area contributed by atoms with Crippen LogP contribution in [-0.4, -0.2) is 32.6 Å². The highest BCUT2D eigenvalue weighted by Gasteiger charge is 2.44. The Morgan fingerprint density at radius 2 is 2.44 bits per heavy atom.